The lowest BCUT2D eigenvalue weighted by Crippen LogP contribution is -2.48. The molecule has 2 aromatic rings. The van der Waals surface area contributed by atoms with Crippen molar-refractivity contribution >= 4 is 21.6 Å². The normalized spacial score (nSPS) is 16.8. The van der Waals surface area contributed by atoms with Crippen LogP contribution in [0.25, 0.3) is 0 Å². The summed E-state index contributed by atoms with van der Waals surface area (Å²) in [6, 6.07) is 11.1. The highest BCUT2D eigenvalue weighted by molar-refractivity contribution is 7.93. The Hall–Kier alpha value is -2.41. The Balaban J connectivity index is 2.14. The van der Waals surface area contributed by atoms with E-state index in [1.807, 2.05) is 0 Å². The second-order valence-electron chi connectivity index (χ2n) is 5.47. The minimum absolute atomic E-state index is 0.260. The number of hydrogen-bond acceptors (Lipinski definition) is 3. The average molecular weight is 348 g/mol. The summed E-state index contributed by atoms with van der Waals surface area (Å²) in [4.78, 5) is 11.9. The third kappa shape index (κ3) is 2.65. The van der Waals surface area contributed by atoms with Crippen molar-refractivity contribution in [3.8, 4) is 0 Å². The predicted molar refractivity (Wildman–Crippen MR) is 88.7 cm³/mol. The molecule has 1 aliphatic heterocycles. The zero-order valence-corrected chi connectivity index (χ0v) is 13.9. The van der Waals surface area contributed by atoms with Crippen LogP contribution in [0, 0.1) is 5.82 Å². The molecule has 0 saturated carbocycles. The Morgan fingerprint density at radius 2 is 1.88 bits per heavy atom. The monoisotopic (exact) mass is 348 g/mol. The van der Waals surface area contributed by atoms with Crippen LogP contribution in [-0.2, 0) is 21.2 Å². The number of sulfonamides is 1. The summed E-state index contributed by atoms with van der Waals surface area (Å²) in [5.74, 6) is -1.23. The maximum Gasteiger partial charge on any atom is 0.267 e. The van der Waals surface area contributed by atoms with E-state index in [9.17, 15) is 17.6 Å². The number of nitrogens with one attached hydrogen (secondary N) is 1. The van der Waals surface area contributed by atoms with E-state index in [2.05, 4.69) is 5.32 Å². The van der Waals surface area contributed by atoms with Gasteiger partial charge in [-0.05, 0) is 30.7 Å². The SMILES string of the molecule is CCNC(=O)C1Cc2ccccc2N1S(=O)(=O)c1ccccc1F. The second-order valence-corrected chi connectivity index (χ2v) is 7.26. The molecule has 1 heterocycles. The van der Waals surface area contributed by atoms with Crippen LogP contribution in [0.4, 0.5) is 10.1 Å². The summed E-state index contributed by atoms with van der Waals surface area (Å²) in [6.45, 7) is 2.15. The molecular weight excluding hydrogens is 331 g/mol. The second kappa shape index (κ2) is 6.24. The molecule has 0 fully saturated rings. The van der Waals surface area contributed by atoms with Crippen molar-refractivity contribution in [2.75, 3.05) is 10.8 Å². The van der Waals surface area contributed by atoms with E-state index in [0.29, 0.717) is 12.2 Å². The van der Waals surface area contributed by atoms with E-state index in [1.54, 1.807) is 31.2 Å². The van der Waals surface area contributed by atoms with Gasteiger partial charge in [0, 0.05) is 13.0 Å². The number of carbonyl (C=O) groups is 1. The first-order valence-corrected chi connectivity index (χ1v) is 9.05. The molecule has 24 heavy (non-hydrogen) atoms. The van der Waals surface area contributed by atoms with Crippen LogP contribution in [0.2, 0.25) is 0 Å². The van der Waals surface area contributed by atoms with Gasteiger partial charge in [-0.3, -0.25) is 9.10 Å². The minimum atomic E-state index is -4.20. The molecule has 2 aromatic carbocycles. The lowest BCUT2D eigenvalue weighted by Gasteiger charge is -2.26. The maximum absolute atomic E-state index is 14.1. The number of anilines is 1. The van der Waals surface area contributed by atoms with Crippen molar-refractivity contribution < 1.29 is 17.6 Å². The highest BCUT2D eigenvalue weighted by Crippen LogP contribution is 2.37. The van der Waals surface area contributed by atoms with Crippen LogP contribution >= 0.6 is 0 Å². The van der Waals surface area contributed by atoms with E-state index in [4.69, 9.17) is 0 Å². The zero-order chi connectivity index (χ0) is 17.3. The third-order valence-corrected chi connectivity index (χ3v) is 5.81. The van der Waals surface area contributed by atoms with E-state index in [-0.39, 0.29) is 6.42 Å². The Bertz CT molecular complexity index is 883. The molecular formula is C17H17FN2O3S. The maximum atomic E-state index is 14.1. The van der Waals surface area contributed by atoms with Gasteiger partial charge in [0.2, 0.25) is 5.91 Å². The van der Waals surface area contributed by atoms with Crippen LogP contribution in [0.15, 0.2) is 53.4 Å². The topological polar surface area (TPSA) is 66.5 Å². The number of halogens is 1. The molecule has 1 amide bonds. The zero-order valence-electron chi connectivity index (χ0n) is 13.1. The molecule has 1 aliphatic rings. The van der Waals surface area contributed by atoms with Crippen molar-refractivity contribution in [3.63, 3.8) is 0 Å². The first-order chi connectivity index (χ1) is 11.5. The van der Waals surface area contributed by atoms with Gasteiger partial charge in [0.1, 0.15) is 16.8 Å². The molecule has 5 nitrogen and oxygen atoms in total. The Morgan fingerprint density at radius 1 is 1.21 bits per heavy atom. The van der Waals surface area contributed by atoms with Crippen LogP contribution in [0.5, 0.6) is 0 Å². The van der Waals surface area contributed by atoms with E-state index < -0.39 is 32.7 Å². The molecule has 0 aliphatic carbocycles. The lowest BCUT2D eigenvalue weighted by molar-refractivity contribution is -0.121. The summed E-state index contributed by atoms with van der Waals surface area (Å²) in [5, 5.41) is 2.65. The molecule has 0 radical (unpaired) electrons. The number of fused-ring (bicyclic) bond motifs is 1. The number of likely N-dealkylation sites (N-methyl/N-ethyl adjacent to an activating group) is 1. The summed E-state index contributed by atoms with van der Waals surface area (Å²) in [7, 11) is -4.20. The standard InChI is InChI=1S/C17H17FN2O3S/c1-2-19-17(21)15-11-12-7-3-5-9-14(12)20(15)24(22,23)16-10-6-4-8-13(16)18/h3-10,15H,2,11H2,1H3,(H,19,21). The van der Waals surface area contributed by atoms with Gasteiger partial charge in [0.25, 0.3) is 10.0 Å². The van der Waals surface area contributed by atoms with Crippen molar-refractivity contribution in [1.82, 2.24) is 5.32 Å². The Labute approximate surface area is 140 Å². The fourth-order valence-electron chi connectivity index (χ4n) is 2.91. The van der Waals surface area contributed by atoms with Gasteiger partial charge in [-0.15, -0.1) is 0 Å². The quantitative estimate of drug-likeness (QED) is 0.920. The van der Waals surface area contributed by atoms with Crippen molar-refractivity contribution in [2.45, 2.75) is 24.3 Å². The molecule has 0 saturated heterocycles. The van der Waals surface area contributed by atoms with Gasteiger partial charge >= 0.3 is 0 Å². The molecule has 7 heteroatoms. The third-order valence-electron chi connectivity index (χ3n) is 3.95. The van der Waals surface area contributed by atoms with Crippen molar-refractivity contribution in [2.24, 2.45) is 0 Å². The molecule has 0 bridgehead atoms. The predicted octanol–water partition coefficient (Wildman–Crippen LogP) is 2.08. The Morgan fingerprint density at radius 3 is 2.58 bits per heavy atom. The molecule has 1 N–H and O–H groups in total. The van der Waals surface area contributed by atoms with E-state index >= 15 is 0 Å². The fourth-order valence-corrected chi connectivity index (χ4v) is 4.62. The number of nitrogens with zero attached hydrogens (tertiary/aromatic N) is 1. The highest BCUT2D eigenvalue weighted by atomic mass is 32.2. The van der Waals surface area contributed by atoms with Crippen LogP contribution in [-0.4, -0.2) is 26.9 Å². The number of rotatable bonds is 4. The average Bonchev–Trinajstić information content (AvgIpc) is 2.95. The number of para-hydroxylation sites is 1. The van der Waals surface area contributed by atoms with Crippen molar-refractivity contribution in [3.05, 3.63) is 59.9 Å². The van der Waals surface area contributed by atoms with Crippen molar-refractivity contribution in [1.29, 1.82) is 0 Å². The highest BCUT2D eigenvalue weighted by Gasteiger charge is 2.42. The molecule has 1 unspecified atom stereocenters. The molecule has 1 atom stereocenters. The number of carbonyl (C=O) groups excluding carboxylic acids is 1. The molecule has 0 spiro atoms. The Kier molecular flexibility index (Phi) is 4.28. The van der Waals surface area contributed by atoms with Crippen LogP contribution < -0.4 is 9.62 Å². The largest absolute Gasteiger partial charge is 0.355 e. The smallest absolute Gasteiger partial charge is 0.267 e. The lowest BCUT2D eigenvalue weighted by atomic mass is 10.1. The van der Waals surface area contributed by atoms with Gasteiger partial charge in [-0.1, -0.05) is 30.3 Å². The van der Waals surface area contributed by atoms with Crippen LogP contribution in [0.1, 0.15) is 12.5 Å². The first-order valence-electron chi connectivity index (χ1n) is 7.61. The van der Waals surface area contributed by atoms with Crippen LogP contribution in [0.3, 0.4) is 0 Å². The summed E-state index contributed by atoms with van der Waals surface area (Å²) in [6.07, 6.45) is 0.260. The first kappa shape index (κ1) is 16.4. The molecule has 0 aromatic heterocycles. The van der Waals surface area contributed by atoms with Gasteiger partial charge in [-0.25, -0.2) is 12.8 Å². The number of amides is 1. The molecule has 3 rings (SSSR count). The number of hydrogen-bond donors (Lipinski definition) is 1. The van der Waals surface area contributed by atoms with E-state index in [0.717, 1.165) is 15.9 Å². The fraction of sp³-hybridized carbons (Fsp3) is 0.235. The van der Waals surface area contributed by atoms with E-state index in [1.165, 1.54) is 18.2 Å². The summed E-state index contributed by atoms with van der Waals surface area (Å²) >= 11 is 0. The van der Waals surface area contributed by atoms with Gasteiger partial charge in [0.15, 0.2) is 0 Å². The summed E-state index contributed by atoms with van der Waals surface area (Å²) < 4.78 is 41.2. The van der Waals surface area contributed by atoms with Gasteiger partial charge < -0.3 is 5.32 Å². The summed E-state index contributed by atoms with van der Waals surface area (Å²) in [5.41, 5.74) is 1.16. The minimum Gasteiger partial charge on any atom is -0.355 e. The number of benzene rings is 2. The van der Waals surface area contributed by atoms with Gasteiger partial charge in [-0.2, -0.15) is 0 Å². The molecule has 126 valence electrons. The van der Waals surface area contributed by atoms with Gasteiger partial charge in [0.05, 0.1) is 5.69 Å².